The minimum absolute atomic E-state index is 0.279. The molecular formula is C14H8BrNO2S. The SMILES string of the molecule is O=C(O)c1cc(-c2cccs2)nc2cc(Br)ccc12. The molecule has 0 saturated carbocycles. The second kappa shape index (κ2) is 4.75. The molecule has 1 N–H and O–H groups in total. The molecule has 2 aromatic heterocycles. The van der Waals surface area contributed by atoms with Crippen LogP contribution in [0.2, 0.25) is 0 Å². The number of rotatable bonds is 2. The first-order valence-corrected chi connectivity index (χ1v) is 7.20. The van der Waals surface area contributed by atoms with Crippen LogP contribution < -0.4 is 0 Å². The Hall–Kier alpha value is -1.72. The van der Waals surface area contributed by atoms with Crippen LogP contribution in [0.4, 0.5) is 0 Å². The van der Waals surface area contributed by atoms with Gasteiger partial charge in [0.05, 0.1) is 21.7 Å². The molecular weight excluding hydrogens is 326 g/mol. The summed E-state index contributed by atoms with van der Waals surface area (Å²) in [6.07, 6.45) is 0. The van der Waals surface area contributed by atoms with Gasteiger partial charge in [0, 0.05) is 9.86 Å². The Bertz CT molecular complexity index is 768. The van der Waals surface area contributed by atoms with Gasteiger partial charge in [-0.2, -0.15) is 0 Å². The van der Waals surface area contributed by atoms with E-state index in [0.29, 0.717) is 16.6 Å². The molecule has 0 fully saturated rings. The van der Waals surface area contributed by atoms with E-state index in [-0.39, 0.29) is 5.56 Å². The molecule has 0 bridgehead atoms. The van der Waals surface area contributed by atoms with Gasteiger partial charge in [-0.3, -0.25) is 0 Å². The summed E-state index contributed by atoms with van der Waals surface area (Å²) in [5.74, 6) is -0.937. The second-order valence-electron chi connectivity index (χ2n) is 4.00. The van der Waals surface area contributed by atoms with Crippen LogP contribution in [-0.2, 0) is 0 Å². The number of carboxylic acid groups (broad SMARTS) is 1. The molecule has 0 atom stereocenters. The van der Waals surface area contributed by atoms with E-state index in [2.05, 4.69) is 20.9 Å². The van der Waals surface area contributed by atoms with Gasteiger partial charge in [0.1, 0.15) is 0 Å². The average molecular weight is 334 g/mol. The van der Waals surface area contributed by atoms with Crippen LogP contribution in [0.25, 0.3) is 21.5 Å². The summed E-state index contributed by atoms with van der Waals surface area (Å²) >= 11 is 4.92. The van der Waals surface area contributed by atoms with Gasteiger partial charge >= 0.3 is 5.97 Å². The Morgan fingerprint density at radius 1 is 1.26 bits per heavy atom. The Morgan fingerprint density at radius 3 is 2.79 bits per heavy atom. The Morgan fingerprint density at radius 2 is 2.11 bits per heavy atom. The normalized spacial score (nSPS) is 10.8. The number of carboxylic acids is 1. The van der Waals surface area contributed by atoms with Crippen molar-refractivity contribution < 1.29 is 9.90 Å². The number of thiophene rings is 1. The summed E-state index contributed by atoms with van der Waals surface area (Å²) in [5.41, 5.74) is 1.65. The van der Waals surface area contributed by atoms with Crippen LogP contribution in [-0.4, -0.2) is 16.1 Å². The number of hydrogen-bond acceptors (Lipinski definition) is 3. The van der Waals surface area contributed by atoms with E-state index in [1.165, 1.54) is 0 Å². The zero-order valence-corrected chi connectivity index (χ0v) is 12.0. The highest BCUT2D eigenvalue weighted by atomic mass is 79.9. The molecule has 3 rings (SSSR count). The summed E-state index contributed by atoms with van der Waals surface area (Å²) in [4.78, 5) is 16.9. The van der Waals surface area contributed by atoms with Crippen molar-refractivity contribution in [2.24, 2.45) is 0 Å². The lowest BCUT2D eigenvalue weighted by Crippen LogP contribution is -1.99. The molecule has 3 aromatic rings. The molecule has 94 valence electrons. The third-order valence-electron chi connectivity index (χ3n) is 2.78. The van der Waals surface area contributed by atoms with E-state index < -0.39 is 5.97 Å². The maximum Gasteiger partial charge on any atom is 0.336 e. The number of fused-ring (bicyclic) bond motifs is 1. The molecule has 1 aromatic carbocycles. The number of halogens is 1. The minimum Gasteiger partial charge on any atom is -0.478 e. The summed E-state index contributed by atoms with van der Waals surface area (Å²) < 4.78 is 0.882. The lowest BCUT2D eigenvalue weighted by Gasteiger charge is -2.06. The molecule has 3 nitrogen and oxygen atoms in total. The van der Waals surface area contributed by atoms with Gasteiger partial charge in [-0.1, -0.05) is 28.1 Å². The quantitative estimate of drug-likeness (QED) is 0.754. The number of hydrogen-bond donors (Lipinski definition) is 1. The lowest BCUT2D eigenvalue weighted by atomic mass is 10.1. The van der Waals surface area contributed by atoms with Crippen molar-refractivity contribution in [3.8, 4) is 10.6 Å². The van der Waals surface area contributed by atoms with Gasteiger partial charge in [-0.05, 0) is 29.6 Å². The van der Waals surface area contributed by atoms with Crippen molar-refractivity contribution in [2.75, 3.05) is 0 Å². The molecule has 0 aliphatic carbocycles. The summed E-state index contributed by atoms with van der Waals surface area (Å²) in [6, 6.07) is 10.9. The summed E-state index contributed by atoms with van der Waals surface area (Å²) in [5, 5.41) is 11.9. The Kier molecular flexibility index (Phi) is 3.08. The highest BCUT2D eigenvalue weighted by molar-refractivity contribution is 9.10. The molecule has 0 spiro atoms. The van der Waals surface area contributed by atoms with Crippen LogP contribution in [0.3, 0.4) is 0 Å². The molecule has 0 saturated heterocycles. The first kappa shape index (κ1) is 12.3. The van der Waals surface area contributed by atoms with Crippen LogP contribution in [0.15, 0.2) is 46.3 Å². The zero-order valence-electron chi connectivity index (χ0n) is 9.63. The maximum atomic E-state index is 11.4. The fourth-order valence-electron chi connectivity index (χ4n) is 1.93. The van der Waals surface area contributed by atoms with Crippen molar-refractivity contribution in [2.45, 2.75) is 0 Å². The summed E-state index contributed by atoms with van der Waals surface area (Å²) in [7, 11) is 0. The van der Waals surface area contributed by atoms with E-state index in [1.54, 1.807) is 23.5 Å². The Labute approximate surface area is 121 Å². The molecule has 2 heterocycles. The van der Waals surface area contributed by atoms with Crippen LogP contribution in [0.5, 0.6) is 0 Å². The molecule has 0 radical (unpaired) electrons. The molecule has 5 heteroatoms. The minimum atomic E-state index is -0.937. The first-order chi connectivity index (χ1) is 9.15. The monoisotopic (exact) mass is 333 g/mol. The van der Waals surface area contributed by atoms with Crippen LogP contribution in [0, 0.1) is 0 Å². The first-order valence-electron chi connectivity index (χ1n) is 5.52. The van der Waals surface area contributed by atoms with E-state index in [1.807, 2.05) is 29.6 Å². The van der Waals surface area contributed by atoms with Crippen LogP contribution >= 0.6 is 27.3 Å². The number of aromatic carboxylic acids is 1. The second-order valence-corrected chi connectivity index (χ2v) is 5.86. The van der Waals surface area contributed by atoms with Crippen LogP contribution in [0.1, 0.15) is 10.4 Å². The highest BCUT2D eigenvalue weighted by Crippen LogP contribution is 2.29. The van der Waals surface area contributed by atoms with Gasteiger partial charge < -0.3 is 5.11 Å². The van der Waals surface area contributed by atoms with Gasteiger partial charge in [0.25, 0.3) is 0 Å². The molecule has 0 unspecified atom stereocenters. The van der Waals surface area contributed by atoms with Crippen molar-refractivity contribution in [1.82, 2.24) is 4.98 Å². The fourth-order valence-corrected chi connectivity index (χ4v) is 2.96. The predicted molar refractivity (Wildman–Crippen MR) is 79.7 cm³/mol. The topological polar surface area (TPSA) is 50.2 Å². The van der Waals surface area contributed by atoms with E-state index in [0.717, 1.165) is 9.35 Å². The van der Waals surface area contributed by atoms with E-state index in [9.17, 15) is 9.90 Å². The number of nitrogens with zero attached hydrogens (tertiary/aromatic N) is 1. The van der Waals surface area contributed by atoms with E-state index in [4.69, 9.17) is 0 Å². The molecule has 0 amide bonds. The molecule has 19 heavy (non-hydrogen) atoms. The fraction of sp³-hybridized carbons (Fsp3) is 0. The molecule has 0 aliphatic heterocycles. The van der Waals surface area contributed by atoms with Gasteiger partial charge in [0.2, 0.25) is 0 Å². The van der Waals surface area contributed by atoms with E-state index >= 15 is 0 Å². The van der Waals surface area contributed by atoms with Crippen molar-refractivity contribution in [1.29, 1.82) is 0 Å². The third-order valence-corrected chi connectivity index (χ3v) is 4.16. The predicted octanol–water partition coefficient (Wildman–Crippen LogP) is 4.42. The number of carbonyl (C=O) groups is 1. The van der Waals surface area contributed by atoms with Gasteiger partial charge in [-0.25, -0.2) is 9.78 Å². The Balaban J connectivity index is 2.34. The number of aromatic nitrogens is 1. The number of benzene rings is 1. The average Bonchev–Trinajstić information content (AvgIpc) is 2.90. The lowest BCUT2D eigenvalue weighted by molar-refractivity contribution is 0.0699. The van der Waals surface area contributed by atoms with Crippen molar-refractivity contribution in [3.05, 3.63) is 51.8 Å². The van der Waals surface area contributed by atoms with Crippen molar-refractivity contribution >= 4 is 44.1 Å². The largest absolute Gasteiger partial charge is 0.478 e. The highest BCUT2D eigenvalue weighted by Gasteiger charge is 2.13. The molecule has 0 aliphatic rings. The third kappa shape index (κ3) is 2.27. The van der Waals surface area contributed by atoms with Crippen molar-refractivity contribution in [3.63, 3.8) is 0 Å². The smallest absolute Gasteiger partial charge is 0.336 e. The summed E-state index contributed by atoms with van der Waals surface area (Å²) in [6.45, 7) is 0. The van der Waals surface area contributed by atoms with Gasteiger partial charge in [0.15, 0.2) is 0 Å². The standard InChI is InChI=1S/C14H8BrNO2S/c15-8-3-4-9-10(14(17)18)7-12(16-11(9)6-8)13-2-1-5-19-13/h1-7H,(H,17,18). The maximum absolute atomic E-state index is 11.4. The zero-order chi connectivity index (χ0) is 13.4. The van der Waals surface area contributed by atoms with Gasteiger partial charge in [-0.15, -0.1) is 11.3 Å². The number of pyridine rings is 1.